The smallest absolute Gasteiger partial charge is 0.339 e. The Labute approximate surface area is 123 Å². The van der Waals surface area contributed by atoms with Crippen LogP contribution in [0.4, 0.5) is 10.1 Å². The highest BCUT2D eigenvalue weighted by Gasteiger charge is 2.15. The van der Waals surface area contributed by atoms with Crippen LogP contribution in [0.25, 0.3) is 0 Å². The van der Waals surface area contributed by atoms with E-state index in [9.17, 15) is 9.18 Å². The van der Waals surface area contributed by atoms with Gasteiger partial charge in [0.1, 0.15) is 5.82 Å². The van der Waals surface area contributed by atoms with Crippen LogP contribution in [0.3, 0.4) is 0 Å². The molecule has 1 atom stereocenters. The number of carbonyl (C=O) groups is 1. The number of esters is 1. The molecule has 2 rings (SSSR count). The molecule has 0 aliphatic rings. The van der Waals surface area contributed by atoms with E-state index in [-0.39, 0.29) is 17.8 Å². The molecule has 110 valence electrons. The summed E-state index contributed by atoms with van der Waals surface area (Å²) in [5, 5.41) is 3.32. The molecule has 0 saturated carbocycles. The highest BCUT2D eigenvalue weighted by molar-refractivity contribution is 5.95. The van der Waals surface area contributed by atoms with Gasteiger partial charge in [0.25, 0.3) is 0 Å². The molecule has 0 amide bonds. The molecular formula is C17H18FNO2. The van der Waals surface area contributed by atoms with Crippen molar-refractivity contribution in [3.05, 3.63) is 65.5 Å². The van der Waals surface area contributed by atoms with Crippen LogP contribution in [0.5, 0.6) is 0 Å². The zero-order valence-electron chi connectivity index (χ0n) is 12.1. The number of carbonyl (C=O) groups excluding carboxylic acids is 1. The number of benzene rings is 2. The van der Waals surface area contributed by atoms with Gasteiger partial charge in [0.2, 0.25) is 0 Å². The van der Waals surface area contributed by atoms with Crippen LogP contribution in [0.2, 0.25) is 0 Å². The van der Waals surface area contributed by atoms with Gasteiger partial charge in [0, 0.05) is 5.69 Å². The maximum absolute atomic E-state index is 13.0. The van der Waals surface area contributed by atoms with E-state index in [2.05, 4.69) is 5.32 Å². The van der Waals surface area contributed by atoms with Crippen molar-refractivity contribution in [2.75, 3.05) is 12.4 Å². The first-order valence-corrected chi connectivity index (χ1v) is 6.85. The zero-order valence-corrected chi connectivity index (χ0v) is 12.1. The molecule has 21 heavy (non-hydrogen) atoms. The van der Waals surface area contributed by atoms with E-state index in [4.69, 9.17) is 4.74 Å². The Bertz CT molecular complexity index is 610. The van der Waals surface area contributed by atoms with Crippen molar-refractivity contribution in [1.82, 2.24) is 0 Å². The largest absolute Gasteiger partial charge is 0.465 e. The van der Waals surface area contributed by atoms with Crippen LogP contribution in [0.15, 0.2) is 48.5 Å². The van der Waals surface area contributed by atoms with E-state index < -0.39 is 0 Å². The number of rotatable bonds is 5. The van der Waals surface area contributed by atoms with Gasteiger partial charge >= 0.3 is 5.97 Å². The minimum absolute atomic E-state index is 0.00333. The Morgan fingerprint density at radius 2 is 1.86 bits per heavy atom. The maximum atomic E-state index is 13.0. The number of methoxy groups -OCH3 is 1. The minimum Gasteiger partial charge on any atom is -0.465 e. The third-order valence-electron chi connectivity index (χ3n) is 3.34. The molecule has 3 nitrogen and oxygen atoms in total. The molecule has 2 aromatic rings. The van der Waals surface area contributed by atoms with E-state index in [0.717, 1.165) is 12.0 Å². The van der Waals surface area contributed by atoms with E-state index in [1.54, 1.807) is 24.3 Å². The third-order valence-corrected chi connectivity index (χ3v) is 3.34. The molecule has 0 radical (unpaired) electrons. The lowest BCUT2D eigenvalue weighted by Gasteiger charge is -2.20. The van der Waals surface area contributed by atoms with Gasteiger partial charge in [0.15, 0.2) is 0 Å². The molecule has 1 unspecified atom stereocenters. The number of halogens is 1. The summed E-state index contributed by atoms with van der Waals surface area (Å²) < 4.78 is 17.8. The minimum atomic E-state index is -0.382. The predicted octanol–water partition coefficient (Wildman–Crippen LogP) is 4.18. The van der Waals surface area contributed by atoms with Crippen molar-refractivity contribution < 1.29 is 13.9 Å². The van der Waals surface area contributed by atoms with E-state index >= 15 is 0 Å². The molecular weight excluding hydrogens is 269 g/mol. The van der Waals surface area contributed by atoms with Crippen molar-refractivity contribution >= 4 is 11.7 Å². The first-order chi connectivity index (χ1) is 10.2. The molecule has 0 aliphatic heterocycles. The van der Waals surface area contributed by atoms with E-state index in [1.807, 2.05) is 19.1 Å². The fraction of sp³-hybridized carbons (Fsp3) is 0.235. The average molecular weight is 287 g/mol. The molecule has 1 N–H and O–H groups in total. The number of hydrogen-bond donors (Lipinski definition) is 1. The summed E-state index contributed by atoms with van der Waals surface area (Å²) in [6, 6.07) is 13.6. The number of nitrogens with one attached hydrogen (secondary N) is 1. The van der Waals surface area contributed by atoms with Gasteiger partial charge < -0.3 is 10.1 Å². The van der Waals surface area contributed by atoms with Crippen LogP contribution < -0.4 is 5.32 Å². The molecule has 0 aliphatic carbocycles. The monoisotopic (exact) mass is 287 g/mol. The summed E-state index contributed by atoms with van der Waals surface area (Å²) in [6.07, 6.45) is 0.807. The van der Waals surface area contributed by atoms with Crippen molar-refractivity contribution in [1.29, 1.82) is 0 Å². The topological polar surface area (TPSA) is 38.3 Å². The van der Waals surface area contributed by atoms with Crippen molar-refractivity contribution in [2.45, 2.75) is 19.4 Å². The number of hydrogen-bond acceptors (Lipinski definition) is 3. The molecule has 0 bridgehead atoms. The average Bonchev–Trinajstić information content (AvgIpc) is 2.53. The Kier molecular flexibility index (Phi) is 4.93. The Morgan fingerprint density at radius 1 is 1.19 bits per heavy atom. The SMILES string of the molecule is CCC(Nc1ccccc1C(=O)OC)c1ccc(F)cc1. The summed E-state index contributed by atoms with van der Waals surface area (Å²) in [5.74, 6) is -0.643. The summed E-state index contributed by atoms with van der Waals surface area (Å²) in [7, 11) is 1.36. The number of ether oxygens (including phenoxy) is 1. The van der Waals surface area contributed by atoms with Gasteiger partial charge in [-0.3, -0.25) is 0 Å². The van der Waals surface area contributed by atoms with E-state index in [0.29, 0.717) is 11.3 Å². The second kappa shape index (κ2) is 6.88. The molecule has 4 heteroatoms. The Balaban J connectivity index is 2.27. The van der Waals surface area contributed by atoms with Crippen molar-refractivity contribution in [3.63, 3.8) is 0 Å². The van der Waals surface area contributed by atoms with E-state index in [1.165, 1.54) is 19.2 Å². The molecule has 0 saturated heterocycles. The molecule has 0 aromatic heterocycles. The lowest BCUT2D eigenvalue weighted by Crippen LogP contribution is -2.13. The van der Waals surface area contributed by atoms with Gasteiger partial charge in [0.05, 0.1) is 18.7 Å². The second-order valence-corrected chi connectivity index (χ2v) is 4.69. The number of anilines is 1. The zero-order chi connectivity index (χ0) is 15.2. The van der Waals surface area contributed by atoms with Gasteiger partial charge in [-0.2, -0.15) is 0 Å². The van der Waals surface area contributed by atoms with Gasteiger partial charge in [-0.15, -0.1) is 0 Å². The Morgan fingerprint density at radius 3 is 2.48 bits per heavy atom. The quantitative estimate of drug-likeness (QED) is 0.839. The third kappa shape index (κ3) is 3.60. The molecule has 0 fully saturated rings. The molecule has 0 spiro atoms. The van der Waals surface area contributed by atoms with Crippen LogP contribution in [-0.4, -0.2) is 13.1 Å². The van der Waals surface area contributed by atoms with Crippen LogP contribution >= 0.6 is 0 Å². The Hall–Kier alpha value is -2.36. The lowest BCUT2D eigenvalue weighted by molar-refractivity contribution is 0.0602. The summed E-state index contributed by atoms with van der Waals surface area (Å²) >= 11 is 0. The van der Waals surface area contributed by atoms with Crippen molar-refractivity contribution in [3.8, 4) is 0 Å². The highest BCUT2D eigenvalue weighted by atomic mass is 19.1. The maximum Gasteiger partial charge on any atom is 0.339 e. The van der Waals surface area contributed by atoms with Crippen LogP contribution in [-0.2, 0) is 4.74 Å². The fourth-order valence-electron chi connectivity index (χ4n) is 2.20. The first-order valence-electron chi connectivity index (χ1n) is 6.85. The van der Waals surface area contributed by atoms with Gasteiger partial charge in [-0.05, 0) is 36.2 Å². The summed E-state index contributed by atoms with van der Waals surface area (Å²) in [4.78, 5) is 11.8. The molecule has 0 heterocycles. The summed E-state index contributed by atoms with van der Waals surface area (Å²) in [6.45, 7) is 2.03. The van der Waals surface area contributed by atoms with Gasteiger partial charge in [-0.1, -0.05) is 31.2 Å². The van der Waals surface area contributed by atoms with Crippen LogP contribution in [0, 0.1) is 5.82 Å². The highest BCUT2D eigenvalue weighted by Crippen LogP contribution is 2.25. The number of para-hydroxylation sites is 1. The fourth-order valence-corrected chi connectivity index (χ4v) is 2.20. The summed E-state index contributed by atoms with van der Waals surface area (Å²) in [5.41, 5.74) is 2.17. The first kappa shape index (κ1) is 15.0. The normalized spacial score (nSPS) is 11.8. The van der Waals surface area contributed by atoms with Crippen molar-refractivity contribution in [2.24, 2.45) is 0 Å². The lowest BCUT2D eigenvalue weighted by atomic mass is 10.0. The predicted molar refractivity (Wildman–Crippen MR) is 80.8 cm³/mol. The second-order valence-electron chi connectivity index (χ2n) is 4.69. The van der Waals surface area contributed by atoms with Crippen LogP contribution in [0.1, 0.15) is 35.3 Å². The standard InChI is InChI=1S/C17H18FNO2/c1-3-15(12-8-10-13(18)11-9-12)19-16-7-5-4-6-14(16)17(20)21-2/h4-11,15,19H,3H2,1-2H3. The molecule has 2 aromatic carbocycles. The van der Waals surface area contributed by atoms with Gasteiger partial charge in [-0.25, -0.2) is 9.18 Å².